The number of amides is 1. The Kier molecular flexibility index (Phi) is 5.20. The molecule has 0 aliphatic carbocycles. The highest BCUT2D eigenvalue weighted by Crippen LogP contribution is 2.21. The van der Waals surface area contributed by atoms with Crippen molar-refractivity contribution in [2.75, 3.05) is 43.4 Å². The van der Waals surface area contributed by atoms with Crippen LogP contribution in [0.3, 0.4) is 0 Å². The Labute approximate surface area is 152 Å². The van der Waals surface area contributed by atoms with Crippen molar-refractivity contribution in [3.63, 3.8) is 0 Å². The number of hydrogen-bond acceptors (Lipinski definition) is 5. The molecule has 1 amide bonds. The average Bonchev–Trinajstić information content (AvgIpc) is 2.58. The molecule has 0 unspecified atom stereocenters. The first-order valence-electron chi connectivity index (χ1n) is 8.29. The summed E-state index contributed by atoms with van der Waals surface area (Å²) in [6.07, 6.45) is 0. The summed E-state index contributed by atoms with van der Waals surface area (Å²) in [6.45, 7) is 7.43. The predicted octanol–water partition coefficient (Wildman–Crippen LogP) is 2.75. The maximum absolute atomic E-state index is 12.6. The molecule has 6 nitrogen and oxygen atoms in total. The summed E-state index contributed by atoms with van der Waals surface area (Å²) in [6, 6.07) is 7.14. The van der Waals surface area contributed by atoms with Gasteiger partial charge in [-0.3, -0.25) is 4.79 Å². The largest absolute Gasteiger partial charge is 0.338 e. The minimum Gasteiger partial charge on any atom is -0.338 e. The molecule has 1 N–H and O–H groups in total. The lowest BCUT2D eigenvalue weighted by Gasteiger charge is -2.32. The standard InChI is InChI=1S/C18H22ClN5O/c1-12-4-5-14(11-15(12)19)21-17(25)16-10-13(2)20-18(22-16)24-8-6-23(3)7-9-24/h4-5,10-11H,6-9H2,1-3H3,(H,21,25). The molecule has 1 fully saturated rings. The summed E-state index contributed by atoms with van der Waals surface area (Å²) in [7, 11) is 2.10. The van der Waals surface area contributed by atoms with Crippen LogP contribution in [-0.2, 0) is 0 Å². The Morgan fingerprint density at radius 2 is 1.84 bits per heavy atom. The molecule has 2 heterocycles. The molecule has 2 aromatic rings. The average molecular weight is 360 g/mol. The normalized spacial score (nSPS) is 15.3. The second-order valence-electron chi connectivity index (χ2n) is 6.40. The number of nitrogens with one attached hydrogen (secondary N) is 1. The molecule has 1 aliphatic rings. The number of aryl methyl sites for hydroxylation is 2. The van der Waals surface area contributed by atoms with Crippen LogP contribution in [0.4, 0.5) is 11.6 Å². The van der Waals surface area contributed by atoms with E-state index in [1.807, 2.05) is 26.0 Å². The fourth-order valence-electron chi connectivity index (χ4n) is 2.68. The number of likely N-dealkylation sites (N-methyl/N-ethyl adjacent to an activating group) is 1. The third-order valence-corrected chi connectivity index (χ3v) is 4.70. The SMILES string of the molecule is Cc1cc(C(=O)Nc2ccc(C)c(Cl)c2)nc(N2CCN(C)CC2)n1. The van der Waals surface area contributed by atoms with Crippen LogP contribution in [0.5, 0.6) is 0 Å². The smallest absolute Gasteiger partial charge is 0.274 e. The van der Waals surface area contributed by atoms with Crippen LogP contribution in [0.25, 0.3) is 0 Å². The number of piperazine rings is 1. The number of carbonyl (C=O) groups is 1. The van der Waals surface area contributed by atoms with Gasteiger partial charge in [0.1, 0.15) is 5.69 Å². The molecule has 7 heteroatoms. The van der Waals surface area contributed by atoms with Gasteiger partial charge in [-0.05, 0) is 44.7 Å². The van der Waals surface area contributed by atoms with Crippen LogP contribution in [0.1, 0.15) is 21.7 Å². The lowest BCUT2D eigenvalue weighted by Crippen LogP contribution is -2.45. The third kappa shape index (κ3) is 4.27. The third-order valence-electron chi connectivity index (χ3n) is 4.29. The summed E-state index contributed by atoms with van der Waals surface area (Å²) >= 11 is 6.12. The zero-order valence-corrected chi connectivity index (χ0v) is 15.5. The Morgan fingerprint density at radius 3 is 2.52 bits per heavy atom. The van der Waals surface area contributed by atoms with E-state index in [0.717, 1.165) is 37.4 Å². The molecule has 25 heavy (non-hydrogen) atoms. The fourth-order valence-corrected chi connectivity index (χ4v) is 2.86. The Hall–Kier alpha value is -2.18. The Bertz CT molecular complexity index is 787. The number of hydrogen-bond donors (Lipinski definition) is 1. The van der Waals surface area contributed by atoms with E-state index in [-0.39, 0.29) is 5.91 Å². The van der Waals surface area contributed by atoms with Crippen LogP contribution in [-0.4, -0.2) is 54.0 Å². The molecule has 0 saturated carbocycles. The second-order valence-corrected chi connectivity index (χ2v) is 6.81. The van der Waals surface area contributed by atoms with Gasteiger partial charge in [0.05, 0.1) is 0 Å². The van der Waals surface area contributed by atoms with Crippen molar-refractivity contribution in [1.29, 1.82) is 0 Å². The molecule has 0 bridgehead atoms. The predicted molar refractivity (Wildman–Crippen MR) is 101 cm³/mol. The lowest BCUT2D eigenvalue weighted by molar-refractivity contribution is 0.102. The van der Waals surface area contributed by atoms with Gasteiger partial charge in [-0.15, -0.1) is 0 Å². The summed E-state index contributed by atoms with van der Waals surface area (Å²) in [5.41, 5.74) is 2.75. The van der Waals surface area contributed by atoms with Gasteiger partial charge < -0.3 is 15.1 Å². The van der Waals surface area contributed by atoms with Crippen molar-refractivity contribution >= 4 is 29.1 Å². The van der Waals surface area contributed by atoms with E-state index >= 15 is 0 Å². The van der Waals surface area contributed by atoms with Gasteiger partial charge in [0.2, 0.25) is 5.95 Å². The Balaban J connectivity index is 1.79. The summed E-state index contributed by atoms with van der Waals surface area (Å²) in [5, 5.41) is 3.47. The van der Waals surface area contributed by atoms with Gasteiger partial charge in [-0.2, -0.15) is 0 Å². The number of rotatable bonds is 3. The molecule has 1 aromatic heterocycles. The summed E-state index contributed by atoms with van der Waals surface area (Å²) in [4.78, 5) is 25.9. The topological polar surface area (TPSA) is 61.4 Å². The molecule has 0 spiro atoms. The molecular formula is C18H22ClN5O. The number of anilines is 2. The first-order valence-corrected chi connectivity index (χ1v) is 8.67. The number of benzene rings is 1. The zero-order chi connectivity index (χ0) is 18.0. The second kappa shape index (κ2) is 7.37. The molecule has 0 atom stereocenters. The lowest BCUT2D eigenvalue weighted by atomic mass is 10.2. The Morgan fingerprint density at radius 1 is 1.12 bits per heavy atom. The van der Waals surface area contributed by atoms with Gasteiger partial charge in [0.15, 0.2) is 0 Å². The van der Waals surface area contributed by atoms with Crippen LogP contribution < -0.4 is 10.2 Å². The van der Waals surface area contributed by atoms with Gasteiger partial charge in [-0.25, -0.2) is 9.97 Å². The van der Waals surface area contributed by atoms with E-state index < -0.39 is 0 Å². The van der Waals surface area contributed by atoms with Gasteiger partial charge in [0.25, 0.3) is 5.91 Å². The molecule has 1 aromatic carbocycles. The molecule has 0 radical (unpaired) electrons. The van der Waals surface area contributed by atoms with Gasteiger partial charge >= 0.3 is 0 Å². The quantitative estimate of drug-likeness (QED) is 0.913. The van der Waals surface area contributed by atoms with Crippen molar-refractivity contribution in [1.82, 2.24) is 14.9 Å². The van der Waals surface area contributed by atoms with Crippen LogP contribution in [0.2, 0.25) is 5.02 Å². The van der Waals surface area contributed by atoms with E-state index in [4.69, 9.17) is 11.6 Å². The van der Waals surface area contributed by atoms with E-state index in [1.165, 1.54) is 0 Å². The van der Waals surface area contributed by atoms with Crippen LogP contribution >= 0.6 is 11.6 Å². The van der Waals surface area contributed by atoms with Crippen LogP contribution in [0, 0.1) is 13.8 Å². The summed E-state index contributed by atoms with van der Waals surface area (Å²) < 4.78 is 0. The number of aromatic nitrogens is 2. The van der Waals surface area contributed by atoms with Crippen molar-refractivity contribution in [2.45, 2.75) is 13.8 Å². The number of carbonyl (C=O) groups excluding carboxylic acids is 1. The summed E-state index contributed by atoms with van der Waals surface area (Å²) in [5.74, 6) is 0.348. The monoisotopic (exact) mass is 359 g/mol. The molecule has 3 rings (SSSR count). The molecule has 132 valence electrons. The fraction of sp³-hybridized carbons (Fsp3) is 0.389. The highest BCUT2D eigenvalue weighted by atomic mass is 35.5. The maximum atomic E-state index is 12.6. The maximum Gasteiger partial charge on any atom is 0.274 e. The van der Waals surface area contributed by atoms with Crippen molar-refractivity contribution in [3.05, 3.63) is 46.2 Å². The highest BCUT2D eigenvalue weighted by molar-refractivity contribution is 6.31. The van der Waals surface area contributed by atoms with E-state index in [0.29, 0.717) is 22.4 Å². The highest BCUT2D eigenvalue weighted by Gasteiger charge is 2.19. The van der Waals surface area contributed by atoms with E-state index in [9.17, 15) is 4.79 Å². The van der Waals surface area contributed by atoms with Crippen molar-refractivity contribution in [2.24, 2.45) is 0 Å². The number of nitrogens with zero attached hydrogens (tertiary/aromatic N) is 4. The van der Waals surface area contributed by atoms with E-state index in [2.05, 4.69) is 32.1 Å². The molecular weight excluding hydrogens is 338 g/mol. The minimum atomic E-state index is -0.263. The van der Waals surface area contributed by atoms with E-state index in [1.54, 1.807) is 12.1 Å². The van der Waals surface area contributed by atoms with Crippen molar-refractivity contribution < 1.29 is 4.79 Å². The molecule has 1 aliphatic heterocycles. The minimum absolute atomic E-state index is 0.263. The number of halogens is 1. The first kappa shape index (κ1) is 17.6. The van der Waals surface area contributed by atoms with Crippen molar-refractivity contribution in [3.8, 4) is 0 Å². The van der Waals surface area contributed by atoms with Gasteiger partial charge in [-0.1, -0.05) is 17.7 Å². The first-order chi connectivity index (χ1) is 11.9. The van der Waals surface area contributed by atoms with Crippen LogP contribution in [0.15, 0.2) is 24.3 Å². The van der Waals surface area contributed by atoms with Gasteiger partial charge in [0, 0.05) is 42.6 Å². The zero-order valence-electron chi connectivity index (χ0n) is 14.7. The molecule has 1 saturated heterocycles.